The van der Waals surface area contributed by atoms with Gasteiger partial charge in [-0.1, -0.05) is 12.1 Å². The van der Waals surface area contributed by atoms with E-state index in [1.54, 1.807) is 12.3 Å². The third-order valence-corrected chi connectivity index (χ3v) is 7.37. The number of benzene rings is 1. The van der Waals surface area contributed by atoms with Crippen molar-refractivity contribution in [3.8, 4) is 0 Å². The Bertz CT molecular complexity index is 1050. The number of nitrogens with zero attached hydrogens (tertiary/aromatic N) is 1. The molecule has 4 rings (SSSR count). The zero-order valence-electron chi connectivity index (χ0n) is 21.6. The first kappa shape index (κ1) is 26.1. The van der Waals surface area contributed by atoms with E-state index >= 15 is 0 Å². The number of pyridine rings is 1. The number of fused-ring (bicyclic) bond motifs is 1. The van der Waals surface area contributed by atoms with Crippen LogP contribution < -0.4 is 10.6 Å². The second-order valence-corrected chi connectivity index (χ2v) is 11.3. The molecule has 0 spiro atoms. The van der Waals surface area contributed by atoms with Crippen molar-refractivity contribution in [1.82, 2.24) is 15.6 Å². The maximum Gasteiger partial charge on any atom is 0.407 e. The highest BCUT2D eigenvalue weighted by Gasteiger charge is 2.34. The Labute approximate surface area is 213 Å². The molecule has 2 aliphatic rings. The molecule has 1 fully saturated rings. The Hall–Kier alpha value is -2.96. The SMILES string of the molecule is CC(C)(C)OC(=O)NCC1CCC(C(=O)N[C@H]2CCc3cc(F)ccc3[C@H]2Cc2cccnc2)CC1. The highest BCUT2D eigenvalue weighted by atomic mass is 19.1. The minimum absolute atomic E-state index is 0.00206. The Kier molecular flexibility index (Phi) is 8.27. The van der Waals surface area contributed by atoms with E-state index in [2.05, 4.69) is 21.7 Å². The number of amides is 2. The zero-order valence-corrected chi connectivity index (χ0v) is 21.6. The molecule has 2 amide bonds. The molecule has 0 aliphatic heterocycles. The second kappa shape index (κ2) is 11.4. The summed E-state index contributed by atoms with van der Waals surface area (Å²) in [7, 11) is 0. The summed E-state index contributed by atoms with van der Waals surface area (Å²) in [6, 6.07) is 9.01. The molecule has 2 atom stereocenters. The molecule has 194 valence electrons. The number of hydrogen-bond donors (Lipinski definition) is 2. The number of aromatic nitrogens is 1. The standard InChI is InChI=1S/C29H38FN3O3/c1-29(2,3)36-28(35)32-18-19-6-8-21(9-7-19)27(34)33-26-13-10-22-16-23(30)11-12-24(22)25(26)15-20-5-4-14-31-17-20/h4-5,11-12,14,16-17,19,21,25-26H,6-10,13,15,18H2,1-3H3,(H,32,35)(H,33,34)/t19?,21?,25-,26+/m1/s1. The van der Waals surface area contributed by atoms with Crippen molar-refractivity contribution in [1.29, 1.82) is 0 Å². The van der Waals surface area contributed by atoms with Crippen LogP contribution in [0.4, 0.5) is 9.18 Å². The lowest BCUT2D eigenvalue weighted by Crippen LogP contribution is -2.46. The molecule has 6 nitrogen and oxygen atoms in total. The van der Waals surface area contributed by atoms with Crippen LogP contribution in [-0.4, -0.2) is 35.2 Å². The van der Waals surface area contributed by atoms with Gasteiger partial charge in [-0.15, -0.1) is 0 Å². The molecule has 1 aromatic carbocycles. The number of nitrogens with one attached hydrogen (secondary N) is 2. The van der Waals surface area contributed by atoms with Crippen LogP contribution in [0.3, 0.4) is 0 Å². The Morgan fingerprint density at radius 1 is 1.11 bits per heavy atom. The maximum absolute atomic E-state index is 13.9. The van der Waals surface area contributed by atoms with E-state index in [1.807, 2.05) is 39.1 Å². The van der Waals surface area contributed by atoms with Gasteiger partial charge in [0.2, 0.25) is 5.91 Å². The number of hydrogen-bond acceptors (Lipinski definition) is 4. The molecule has 2 N–H and O–H groups in total. The number of rotatable bonds is 6. The van der Waals surface area contributed by atoms with Crippen LogP contribution in [0.5, 0.6) is 0 Å². The van der Waals surface area contributed by atoms with Crippen LogP contribution in [0.15, 0.2) is 42.7 Å². The van der Waals surface area contributed by atoms with Gasteiger partial charge in [0.15, 0.2) is 0 Å². The number of halogens is 1. The number of ether oxygens (including phenoxy) is 1. The first-order valence-corrected chi connectivity index (χ1v) is 13.1. The molecule has 2 aromatic rings. The van der Waals surface area contributed by atoms with Crippen molar-refractivity contribution in [3.05, 3.63) is 65.2 Å². The Morgan fingerprint density at radius 3 is 2.58 bits per heavy atom. The van der Waals surface area contributed by atoms with Gasteiger partial charge in [0.05, 0.1) is 0 Å². The molecule has 1 aromatic heterocycles. The fraction of sp³-hybridized carbons (Fsp3) is 0.552. The zero-order chi connectivity index (χ0) is 25.7. The maximum atomic E-state index is 13.9. The molecule has 0 unspecified atom stereocenters. The quantitative estimate of drug-likeness (QED) is 0.569. The molecule has 1 saturated carbocycles. The van der Waals surface area contributed by atoms with E-state index in [0.717, 1.165) is 61.6 Å². The topological polar surface area (TPSA) is 80.3 Å². The summed E-state index contributed by atoms with van der Waals surface area (Å²) >= 11 is 0. The van der Waals surface area contributed by atoms with E-state index in [-0.39, 0.29) is 35.7 Å². The summed E-state index contributed by atoms with van der Waals surface area (Å²) in [6.07, 6.45) is 8.96. The van der Waals surface area contributed by atoms with Crippen molar-refractivity contribution in [3.63, 3.8) is 0 Å². The fourth-order valence-corrected chi connectivity index (χ4v) is 5.55. The smallest absolute Gasteiger partial charge is 0.407 e. The van der Waals surface area contributed by atoms with E-state index in [4.69, 9.17) is 4.74 Å². The van der Waals surface area contributed by atoms with E-state index < -0.39 is 5.60 Å². The van der Waals surface area contributed by atoms with Crippen molar-refractivity contribution in [2.75, 3.05) is 6.54 Å². The monoisotopic (exact) mass is 495 g/mol. The number of aryl methyl sites for hydroxylation is 1. The first-order chi connectivity index (χ1) is 17.2. The van der Waals surface area contributed by atoms with Gasteiger partial charge in [-0.2, -0.15) is 0 Å². The second-order valence-electron chi connectivity index (χ2n) is 11.3. The van der Waals surface area contributed by atoms with Crippen LogP contribution in [0.25, 0.3) is 0 Å². The largest absolute Gasteiger partial charge is 0.444 e. The summed E-state index contributed by atoms with van der Waals surface area (Å²) in [5, 5.41) is 6.23. The molecule has 0 radical (unpaired) electrons. The number of carbonyl (C=O) groups is 2. The normalized spacial score (nSPS) is 23.9. The van der Waals surface area contributed by atoms with Gasteiger partial charge in [-0.05, 0) is 107 Å². The van der Waals surface area contributed by atoms with Gasteiger partial charge in [-0.3, -0.25) is 9.78 Å². The third-order valence-electron chi connectivity index (χ3n) is 7.37. The minimum Gasteiger partial charge on any atom is -0.444 e. The molecular formula is C29H38FN3O3. The van der Waals surface area contributed by atoms with Crippen LogP contribution in [-0.2, 0) is 22.4 Å². The Morgan fingerprint density at radius 2 is 1.89 bits per heavy atom. The van der Waals surface area contributed by atoms with Gasteiger partial charge in [0, 0.05) is 36.8 Å². The first-order valence-electron chi connectivity index (χ1n) is 13.1. The predicted octanol–water partition coefficient (Wildman–Crippen LogP) is 5.31. The average Bonchev–Trinajstić information content (AvgIpc) is 2.84. The lowest BCUT2D eigenvalue weighted by Gasteiger charge is -2.36. The van der Waals surface area contributed by atoms with Crippen LogP contribution in [0, 0.1) is 17.7 Å². The fourth-order valence-electron chi connectivity index (χ4n) is 5.55. The molecule has 7 heteroatoms. The minimum atomic E-state index is -0.511. The summed E-state index contributed by atoms with van der Waals surface area (Å²) in [5.74, 6) is 0.319. The van der Waals surface area contributed by atoms with Gasteiger partial charge < -0.3 is 15.4 Å². The van der Waals surface area contributed by atoms with Gasteiger partial charge in [-0.25, -0.2) is 9.18 Å². The summed E-state index contributed by atoms with van der Waals surface area (Å²) in [4.78, 5) is 29.5. The number of carbonyl (C=O) groups excluding carboxylic acids is 2. The predicted molar refractivity (Wildman–Crippen MR) is 137 cm³/mol. The van der Waals surface area contributed by atoms with Crippen LogP contribution in [0.2, 0.25) is 0 Å². The highest BCUT2D eigenvalue weighted by Crippen LogP contribution is 2.36. The van der Waals surface area contributed by atoms with Crippen LogP contribution in [0.1, 0.15) is 75.5 Å². The summed E-state index contributed by atoms with van der Waals surface area (Å²) in [6.45, 7) is 6.12. The molecular weight excluding hydrogens is 457 g/mol. The van der Waals surface area contributed by atoms with Crippen molar-refractivity contribution in [2.45, 2.75) is 83.3 Å². The van der Waals surface area contributed by atoms with Gasteiger partial charge in [0.25, 0.3) is 0 Å². The number of alkyl carbamates (subject to hydrolysis) is 1. The summed E-state index contributed by atoms with van der Waals surface area (Å²) in [5.41, 5.74) is 2.75. The molecule has 0 saturated heterocycles. The van der Waals surface area contributed by atoms with Crippen molar-refractivity contribution < 1.29 is 18.7 Å². The summed E-state index contributed by atoms with van der Waals surface area (Å²) < 4.78 is 19.2. The van der Waals surface area contributed by atoms with E-state index in [9.17, 15) is 14.0 Å². The van der Waals surface area contributed by atoms with E-state index in [1.165, 1.54) is 6.07 Å². The Balaban J connectivity index is 1.34. The van der Waals surface area contributed by atoms with E-state index in [0.29, 0.717) is 12.5 Å². The van der Waals surface area contributed by atoms with Crippen LogP contribution >= 0.6 is 0 Å². The lowest BCUT2D eigenvalue weighted by molar-refractivity contribution is -0.127. The average molecular weight is 496 g/mol. The van der Waals surface area contributed by atoms with Gasteiger partial charge >= 0.3 is 6.09 Å². The lowest BCUT2D eigenvalue weighted by atomic mass is 9.75. The van der Waals surface area contributed by atoms with Crippen molar-refractivity contribution in [2.24, 2.45) is 11.8 Å². The molecule has 0 bridgehead atoms. The molecule has 36 heavy (non-hydrogen) atoms. The van der Waals surface area contributed by atoms with Gasteiger partial charge in [0.1, 0.15) is 11.4 Å². The molecule has 2 aliphatic carbocycles. The van der Waals surface area contributed by atoms with Crippen molar-refractivity contribution >= 4 is 12.0 Å². The third kappa shape index (κ3) is 7.05. The molecule has 1 heterocycles. The highest BCUT2D eigenvalue weighted by molar-refractivity contribution is 5.79.